The standard InChI is InChI=1S/C23H21F3N2O3S/c1-14-4-9-19(10-15(14)2)28(32(3,30)31)13-16-5-7-18(8-6-16)27-23(29)22-20(25)11-17(24)12-21(22)26/h4-12H,13H2,1-3H3,(H,27,29). The van der Waals surface area contributed by atoms with Crippen molar-refractivity contribution in [2.75, 3.05) is 15.9 Å². The fraction of sp³-hybridized carbons (Fsp3) is 0.174. The first-order valence-corrected chi connectivity index (χ1v) is 11.4. The Morgan fingerprint density at radius 3 is 2.03 bits per heavy atom. The minimum atomic E-state index is -3.57. The minimum Gasteiger partial charge on any atom is -0.322 e. The first-order chi connectivity index (χ1) is 15.0. The quantitative estimate of drug-likeness (QED) is 0.564. The van der Waals surface area contributed by atoms with Gasteiger partial charge in [-0.1, -0.05) is 18.2 Å². The van der Waals surface area contributed by atoms with E-state index >= 15 is 0 Å². The van der Waals surface area contributed by atoms with E-state index < -0.39 is 38.9 Å². The fourth-order valence-corrected chi connectivity index (χ4v) is 3.97. The lowest BCUT2D eigenvalue weighted by molar-refractivity contribution is 0.101. The summed E-state index contributed by atoms with van der Waals surface area (Å²) in [5.41, 5.74) is 2.49. The second-order valence-corrected chi connectivity index (χ2v) is 9.34. The Morgan fingerprint density at radius 1 is 0.906 bits per heavy atom. The molecule has 3 rings (SSSR count). The summed E-state index contributed by atoms with van der Waals surface area (Å²) in [7, 11) is -3.57. The van der Waals surface area contributed by atoms with Crippen LogP contribution >= 0.6 is 0 Å². The van der Waals surface area contributed by atoms with Gasteiger partial charge >= 0.3 is 0 Å². The maximum atomic E-state index is 13.8. The number of hydrogen-bond donors (Lipinski definition) is 1. The van der Waals surface area contributed by atoms with Crippen LogP contribution in [0.25, 0.3) is 0 Å². The van der Waals surface area contributed by atoms with Gasteiger partial charge in [-0.3, -0.25) is 9.10 Å². The number of amides is 1. The minimum absolute atomic E-state index is 0.0524. The number of nitrogens with one attached hydrogen (secondary N) is 1. The normalized spacial score (nSPS) is 11.3. The number of rotatable bonds is 6. The molecule has 168 valence electrons. The predicted octanol–water partition coefficient (Wildman–Crippen LogP) is 4.94. The smallest absolute Gasteiger partial charge is 0.261 e. The highest BCUT2D eigenvalue weighted by Gasteiger charge is 2.20. The number of aryl methyl sites for hydroxylation is 2. The van der Waals surface area contributed by atoms with Gasteiger partial charge in [0.15, 0.2) is 0 Å². The van der Waals surface area contributed by atoms with E-state index in [1.807, 2.05) is 19.9 Å². The zero-order chi connectivity index (χ0) is 23.6. The summed E-state index contributed by atoms with van der Waals surface area (Å²) in [5, 5.41) is 2.34. The Labute approximate surface area is 184 Å². The van der Waals surface area contributed by atoms with Gasteiger partial charge in [0.1, 0.15) is 23.0 Å². The van der Waals surface area contributed by atoms with Crippen LogP contribution < -0.4 is 9.62 Å². The number of nitrogens with zero attached hydrogens (tertiary/aromatic N) is 1. The zero-order valence-corrected chi connectivity index (χ0v) is 18.4. The van der Waals surface area contributed by atoms with Crippen molar-refractivity contribution in [1.29, 1.82) is 0 Å². The van der Waals surface area contributed by atoms with E-state index in [-0.39, 0.29) is 12.2 Å². The highest BCUT2D eigenvalue weighted by Crippen LogP contribution is 2.24. The molecule has 0 aliphatic carbocycles. The van der Waals surface area contributed by atoms with Gasteiger partial charge in [-0.25, -0.2) is 21.6 Å². The van der Waals surface area contributed by atoms with Crippen molar-refractivity contribution in [3.05, 3.63) is 94.3 Å². The molecule has 0 atom stereocenters. The molecule has 1 N–H and O–H groups in total. The first kappa shape index (κ1) is 23.3. The summed E-state index contributed by atoms with van der Waals surface area (Å²) in [5.74, 6) is -4.82. The monoisotopic (exact) mass is 462 g/mol. The van der Waals surface area contributed by atoms with E-state index in [9.17, 15) is 26.4 Å². The van der Waals surface area contributed by atoms with E-state index in [1.54, 1.807) is 24.3 Å². The summed E-state index contributed by atoms with van der Waals surface area (Å²) in [4.78, 5) is 12.2. The van der Waals surface area contributed by atoms with Crippen LogP contribution in [-0.4, -0.2) is 20.6 Å². The molecule has 0 spiro atoms. The van der Waals surface area contributed by atoms with Crippen LogP contribution in [0.5, 0.6) is 0 Å². The van der Waals surface area contributed by atoms with Gasteiger partial charge in [0, 0.05) is 17.8 Å². The molecule has 0 fully saturated rings. The lowest BCUT2D eigenvalue weighted by Gasteiger charge is -2.23. The topological polar surface area (TPSA) is 66.5 Å². The number of carbonyl (C=O) groups excluding carboxylic acids is 1. The van der Waals surface area contributed by atoms with Crippen LogP contribution in [0, 0.1) is 31.3 Å². The number of sulfonamides is 1. The molecule has 0 heterocycles. The van der Waals surface area contributed by atoms with Gasteiger partial charge in [0.25, 0.3) is 5.91 Å². The molecule has 32 heavy (non-hydrogen) atoms. The van der Waals surface area contributed by atoms with E-state index in [0.717, 1.165) is 17.4 Å². The summed E-state index contributed by atoms with van der Waals surface area (Å²) >= 11 is 0. The summed E-state index contributed by atoms with van der Waals surface area (Å²) < 4.78 is 66.6. The molecular formula is C23H21F3N2O3S. The number of hydrogen-bond acceptors (Lipinski definition) is 3. The average molecular weight is 462 g/mol. The van der Waals surface area contributed by atoms with Crippen LogP contribution in [0.3, 0.4) is 0 Å². The van der Waals surface area contributed by atoms with Crippen LogP contribution in [0.2, 0.25) is 0 Å². The van der Waals surface area contributed by atoms with Crippen molar-refractivity contribution in [2.45, 2.75) is 20.4 Å². The molecule has 0 saturated heterocycles. The van der Waals surface area contributed by atoms with Gasteiger partial charge < -0.3 is 5.32 Å². The van der Waals surface area contributed by atoms with Crippen LogP contribution in [0.15, 0.2) is 54.6 Å². The Hall–Kier alpha value is -3.33. The van der Waals surface area contributed by atoms with E-state index in [1.165, 1.54) is 16.4 Å². The van der Waals surface area contributed by atoms with Crippen molar-refractivity contribution in [3.8, 4) is 0 Å². The molecule has 0 bridgehead atoms. The first-order valence-electron chi connectivity index (χ1n) is 9.55. The molecule has 1 amide bonds. The third-order valence-electron chi connectivity index (χ3n) is 4.95. The third kappa shape index (κ3) is 5.28. The molecule has 0 aliphatic rings. The molecule has 0 radical (unpaired) electrons. The molecule has 9 heteroatoms. The number of halogens is 3. The Kier molecular flexibility index (Phi) is 6.59. The number of anilines is 2. The van der Waals surface area contributed by atoms with Gasteiger partial charge in [0.2, 0.25) is 10.0 Å². The second kappa shape index (κ2) is 9.04. The highest BCUT2D eigenvalue weighted by atomic mass is 32.2. The zero-order valence-electron chi connectivity index (χ0n) is 17.6. The van der Waals surface area contributed by atoms with E-state index in [2.05, 4.69) is 5.32 Å². The Bertz CT molecular complexity index is 1250. The van der Waals surface area contributed by atoms with Crippen molar-refractivity contribution >= 4 is 27.3 Å². The SMILES string of the molecule is Cc1ccc(N(Cc2ccc(NC(=O)c3c(F)cc(F)cc3F)cc2)S(C)(=O)=O)cc1C. The molecular weight excluding hydrogens is 441 g/mol. The van der Waals surface area contributed by atoms with Crippen molar-refractivity contribution in [3.63, 3.8) is 0 Å². The van der Waals surface area contributed by atoms with Gasteiger partial charge in [-0.05, 0) is 54.8 Å². The highest BCUT2D eigenvalue weighted by molar-refractivity contribution is 7.92. The molecule has 0 aliphatic heterocycles. The van der Waals surface area contributed by atoms with Crippen molar-refractivity contribution in [2.24, 2.45) is 0 Å². The molecule has 3 aromatic carbocycles. The number of carbonyl (C=O) groups is 1. The number of benzene rings is 3. The molecule has 5 nitrogen and oxygen atoms in total. The fourth-order valence-electron chi connectivity index (χ4n) is 3.09. The van der Waals surface area contributed by atoms with Gasteiger partial charge in [-0.15, -0.1) is 0 Å². The third-order valence-corrected chi connectivity index (χ3v) is 6.09. The average Bonchev–Trinajstić information content (AvgIpc) is 2.68. The van der Waals surface area contributed by atoms with Crippen molar-refractivity contribution < 1.29 is 26.4 Å². The summed E-state index contributed by atoms with van der Waals surface area (Å²) in [6, 6.07) is 12.3. The van der Waals surface area contributed by atoms with E-state index in [0.29, 0.717) is 23.4 Å². The molecule has 0 unspecified atom stereocenters. The van der Waals surface area contributed by atoms with E-state index in [4.69, 9.17) is 0 Å². The maximum absolute atomic E-state index is 13.8. The Morgan fingerprint density at radius 2 is 1.50 bits per heavy atom. The molecule has 0 aromatic heterocycles. The lowest BCUT2D eigenvalue weighted by atomic mass is 10.1. The molecule has 3 aromatic rings. The van der Waals surface area contributed by atoms with Crippen molar-refractivity contribution in [1.82, 2.24) is 0 Å². The van der Waals surface area contributed by atoms with Crippen LogP contribution in [-0.2, 0) is 16.6 Å². The Balaban J connectivity index is 1.80. The van der Waals surface area contributed by atoms with Gasteiger partial charge in [-0.2, -0.15) is 0 Å². The predicted molar refractivity (Wildman–Crippen MR) is 118 cm³/mol. The van der Waals surface area contributed by atoms with Crippen LogP contribution in [0.4, 0.5) is 24.5 Å². The summed E-state index contributed by atoms with van der Waals surface area (Å²) in [6.45, 7) is 3.88. The largest absolute Gasteiger partial charge is 0.322 e. The van der Waals surface area contributed by atoms with Crippen LogP contribution in [0.1, 0.15) is 27.0 Å². The lowest BCUT2D eigenvalue weighted by Crippen LogP contribution is -2.29. The second-order valence-electron chi connectivity index (χ2n) is 7.43. The molecule has 0 saturated carbocycles. The van der Waals surface area contributed by atoms with Gasteiger partial charge in [0.05, 0.1) is 18.5 Å². The summed E-state index contributed by atoms with van der Waals surface area (Å²) in [6.07, 6.45) is 1.11. The maximum Gasteiger partial charge on any atom is 0.261 e.